The fourth-order valence-corrected chi connectivity index (χ4v) is 2.75. The maximum absolute atomic E-state index is 12.2. The quantitative estimate of drug-likeness (QED) is 0.894. The monoisotopic (exact) mass is 290 g/mol. The number of carbonyl (C=O) groups is 2. The molecule has 1 atom stereocenters. The van der Waals surface area contributed by atoms with Gasteiger partial charge in [-0.05, 0) is 30.9 Å². The topological polar surface area (TPSA) is 69.6 Å². The molecule has 1 aromatic rings. The van der Waals surface area contributed by atoms with E-state index in [2.05, 4.69) is 5.32 Å². The summed E-state index contributed by atoms with van der Waals surface area (Å²) in [7, 11) is 0. The van der Waals surface area contributed by atoms with Gasteiger partial charge in [-0.1, -0.05) is 31.2 Å². The number of aryl methyl sites for hydroxylation is 1. The van der Waals surface area contributed by atoms with Crippen LogP contribution in [0.15, 0.2) is 24.3 Å². The number of carboxylic acid groups (broad SMARTS) is 1. The van der Waals surface area contributed by atoms with Gasteiger partial charge in [0.15, 0.2) is 0 Å². The number of likely N-dealkylation sites (tertiary alicyclic amines) is 1. The number of benzene rings is 1. The number of carboxylic acids is 1. The molecule has 114 valence electrons. The van der Waals surface area contributed by atoms with E-state index in [0.29, 0.717) is 32.5 Å². The molecule has 1 saturated heterocycles. The van der Waals surface area contributed by atoms with Crippen LogP contribution in [0.3, 0.4) is 0 Å². The highest BCUT2D eigenvalue weighted by Crippen LogP contribution is 2.34. The molecule has 5 nitrogen and oxygen atoms in total. The molecular formula is C16H22N2O3. The van der Waals surface area contributed by atoms with Crippen molar-refractivity contribution in [3.63, 3.8) is 0 Å². The Labute approximate surface area is 125 Å². The molecule has 1 aliphatic heterocycles. The second-order valence-corrected chi connectivity index (χ2v) is 5.70. The predicted molar refractivity (Wildman–Crippen MR) is 80.0 cm³/mol. The van der Waals surface area contributed by atoms with Gasteiger partial charge < -0.3 is 15.3 Å². The Bertz CT molecular complexity index is 544. The van der Waals surface area contributed by atoms with Gasteiger partial charge in [-0.3, -0.25) is 4.79 Å². The van der Waals surface area contributed by atoms with E-state index in [-0.39, 0.29) is 6.03 Å². The smallest absolute Gasteiger partial charge is 0.317 e. The summed E-state index contributed by atoms with van der Waals surface area (Å²) in [6, 6.07) is 7.70. The number of aliphatic carboxylic acids is 1. The van der Waals surface area contributed by atoms with Crippen molar-refractivity contribution >= 4 is 12.0 Å². The van der Waals surface area contributed by atoms with Crippen LogP contribution in [0.2, 0.25) is 0 Å². The minimum absolute atomic E-state index is 0.185. The number of rotatable bonds is 4. The van der Waals surface area contributed by atoms with Crippen LogP contribution >= 0.6 is 0 Å². The van der Waals surface area contributed by atoms with E-state index in [0.717, 1.165) is 11.1 Å². The summed E-state index contributed by atoms with van der Waals surface area (Å²) in [6.45, 7) is 5.12. The molecular weight excluding hydrogens is 268 g/mol. The van der Waals surface area contributed by atoms with Crippen LogP contribution < -0.4 is 5.32 Å². The molecule has 21 heavy (non-hydrogen) atoms. The van der Waals surface area contributed by atoms with Gasteiger partial charge in [0.05, 0.1) is 5.41 Å². The normalized spacial score (nSPS) is 21.3. The highest BCUT2D eigenvalue weighted by atomic mass is 16.4. The average molecular weight is 290 g/mol. The Kier molecular flexibility index (Phi) is 4.50. The molecule has 0 spiro atoms. The van der Waals surface area contributed by atoms with Crippen molar-refractivity contribution in [1.82, 2.24) is 10.2 Å². The number of amides is 2. The lowest BCUT2D eigenvalue weighted by Crippen LogP contribution is -2.41. The SMILES string of the molecule is CCC1(C(=O)O)CCN(C(=O)NCc2ccccc2C)C1. The molecule has 2 rings (SSSR count). The maximum Gasteiger partial charge on any atom is 0.317 e. The third-order valence-electron chi connectivity index (χ3n) is 4.46. The highest BCUT2D eigenvalue weighted by molar-refractivity contribution is 5.79. The molecule has 1 heterocycles. The second-order valence-electron chi connectivity index (χ2n) is 5.70. The zero-order valence-electron chi connectivity index (χ0n) is 12.6. The van der Waals surface area contributed by atoms with Crippen molar-refractivity contribution in [1.29, 1.82) is 0 Å². The van der Waals surface area contributed by atoms with Gasteiger partial charge in [0.2, 0.25) is 0 Å². The van der Waals surface area contributed by atoms with Gasteiger partial charge in [0.1, 0.15) is 0 Å². The van der Waals surface area contributed by atoms with Gasteiger partial charge in [-0.2, -0.15) is 0 Å². The second kappa shape index (κ2) is 6.16. The molecule has 1 unspecified atom stereocenters. The third-order valence-corrected chi connectivity index (χ3v) is 4.46. The van der Waals surface area contributed by atoms with Crippen molar-refractivity contribution in [2.75, 3.05) is 13.1 Å². The molecule has 5 heteroatoms. The number of urea groups is 1. The minimum Gasteiger partial charge on any atom is -0.481 e. The number of nitrogens with zero attached hydrogens (tertiary/aromatic N) is 1. The molecule has 1 aliphatic rings. The van der Waals surface area contributed by atoms with Gasteiger partial charge in [-0.25, -0.2) is 4.79 Å². The van der Waals surface area contributed by atoms with Crippen molar-refractivity contribution in [3.05, 3.63) is 35.4 Å². The lowest BCUT2D eigenvalue weighted by Gasteiger charge is -2.23. The summed E-state index contributed by atoms with van der Waals surface area (Å²) >= 11 is 0. The van der Waals surface area contributed by atoms with Crippen LogP contribution in [0.25, 0.3) is 0 Å². The van der Waals surface area contributed by atoms with Gasteiger partial charge >= 0.3 is 12.0 Å². The number of nitrogens with one attached hydrogen (secondary N) is 1. The lowest BCUT2D eigenvalue weighted by atomic mass is 9.84. The largest absolute Gasteiger partial charge is 0.481 e. The fraction of sp³-hybridized carbons (Fsp3) is 0.500. The lowest BCUT2D eigenvalue weighted by molar-refractivity contribution is -0.148. The molecule has 0 bridgehead atoms. The van der Waals surface area contributed by atoms with Crippen molar-refractivity contribution in [2.45, 2.75) is 33.2 Å². The van der Waals surface area contributed by atoms with E-state index < -0.39 is 11.4 Å². The average Bonchev–Trinajstić information content (AvgIpc) is 2.92. The van der Waals surface area contributed by atoms with Crippen molar-refractivity contribution in [2.24, 2.45) is 5.41 Å². The fourth-order valence-electron chi connectivity index (χ4n) is 2.75. The van der Waals surface area contributed by atoms with Gasteiger partial charge in [-0.15, -0.1) is 0 Å². The van der Waals surface area contributed by atoms with E-state index >= 15 is 0 Å². The Balaban J connectivity index is 1.94. The maximum atomic E-state index is 12.2. The number of hydrogen-bond acceptors (Lipinski definition) is 2. The number of carbonyl (C=O) groups excluding carboxylic acids is 1. The van der Waals surface area contributed by atoms with Crippen LogP contribution in [0.5, 0.6) is 0 Å². The van der Waals surface area contributed by atoms with Gasteiger partial charge in [0.25, 0.3) is 0 Å². The predicted octanol–water partition coefficient (Wildman–Crippen LogP) is 2.39. The van der Waals surface area contributed by atoms with Crippen LogP contribution in [0.4, 0.5) is 4.79 Å². The van der Waals surface area contributed by atoms with E-state index in [1.165, 1.54) is 0 Å². The summed E-state index contributed by atoms with van der Waals surface area (Å²) in [5.41, 5.74) is 1.43. The van der Waals surface area contributed by atoms with Crippen LogP contribution in [0.1, 0.15) is 30.9 Å². The first kappa shape index (κ1) is 15.4. The van der Waals surface area contributed by atoms with E-state index in [1.54, 1.807) is 4.90 Å². The highest BCUT2D eigenvalue weighted by Gasteiger charge is 2.44. The first-order chi connectivity index (χ1) is 9.98. The van der Waals surface area contributed by atoms with Crippen LogP contribution in [0, 0.1) is 12.3 Å². The summed E-state index contributed by atoms with van der Waals surface area (Å²) in [4.78, 5) is 25.2. The molecule has 1 aromatic carbocycles. The standard InChI is InChI=1S/C16H22N2O3/c1-3-16(14(19)20)8-9-18(11-16)15(21)17-10-13-7-5-4-6-12(13)2/h4-7H,3,8-11H2,1-2H3,(H,17,21)(H,19,20). The molecule has 2 N–H and O–H groups in total. The molecule has 1 fully saturated rings. The van der Waals surface area contributed by atoms with E-state index in [1.807, 2.05) is 38.1 Å². The summed E-state index contributed by atoms with van der Waals surface area (Å²) in [5.74, 6) is -0.806. The molecule has 0 radical (unpaired) electrons. The first-order valence-corrected chi connectivity index (χ1v) is 7.29. The Hall–Kier alpha value is -2.04. The van der Waals surface area contributed by atoms with Crippen molar-refractivity contribution < 1.29 is 14.7 Å². The summed E-state index contributed by atoms with van der Waals surface area (Å²) in [6.07, 6.45) is 1.07. The molecule has 0 aliphatic carbocycles. The van der Waals surface area contributed by atoms with E-state index in [9.17, 15) is 14.7 Å². The Morgan fingerprint density at radius 2 is 2.10 bits per heavy atom. The molecule has 0 aromatic heterocycles. The zero-order valence-corrected chi connectivity index (χ0v) is 12.6. The van der Waals surface area contributed by atoms with Crippen LogP contribution in [-0.2, 0) is 11.3 Å². The van der Waals surface area contributed by atoms with Crippen molar-refractivity contribution in [3.8, 4) is 0 Å². The third kappa shape index (κ3) is 3.17. The van der Waals surface area contributed by atoms with Crippen LogP contribution in [-0.4, -0.2) is 35.1 Å². The number of hydrogen-bond donors (Lipinski definition) is 2. The molecule has 0 saturated carbocycles. The summed E-state index contributed by atoms with van der Waals surface area (Å²) < 4.78 is 0. The minimum atomic E-state index is -0.806. The van der Waals surface area contributed by atoms with Gasteiger partial charge in [0, 0.05) is 19.6 Å². The Morgan fingerprint density at radius 3 is 2.67 bits per heavy atom. The summed E-state index contributed by atoms with van der Waals surface area (Å²) in [5, 5.41) is 12.2. The van der Waals surface area contributed by atoms with E-state index in [4.69, 9.17) is 0 Å². The first-order valence-electron chi connectivity index (χ1n) is 7.29. The zero-order chi connectivity index (χ0) is 15.5. The Morgan fingerprint density at radius 1 is 1.38 bits per heavy atom. The molecule has 2 amide bonds.